The molecule has 2 aromatic heterocycles. The van der Waals surface area contributed by atoms with Crippen LogP contribution < -0.4 is 0 Å². The number of hydrogen-bond donors (Lipinski definition) is 0. The summed E-state index contributed by atoms with van der Waals surface area (Å²) < 4.78 is 31.9. The van der Waals surface area contributed by atoms with Crippen LogP contribution in [0, 0.1) is 0 Å². The molecule has 1 saturated heterocycles. The van der Waals surface area contributed by atoms with Crippen LogP contribution in [0.3, 0.4) is 0 Å². The van der Waals surface area contributed by atoms with Gasteiger partial charge < -0.3 is 4.42 Å². The van der Waals surface area contributed by atoms with Gasteiger partial charge in [-0.2, -0.15) is 0 Å². The van der Waals surface area contributed by atoms with Gasteiger partial charge in [0, 0.05) is 13.1 Å². The summed E-state index contributed by atoms with van der Waals surface area (Å²) in [6.07, 6.45) is 1.68. The van der Waals surface area contributed by atoms with Crippen molar-refractivity contribution < 1.29 is 12.8 Å². The highest BCUT2D eigenvalue weighted by Crippen LogP contribution is 2.31. The fourth-order valence-corrected chi connectivity index (χ4v) is 4.58. The zero-order chi connectivity index (χ0) is 15.7. The summed E-state index contributed by atoms with van der Waals surface area (Å²) >= 11 is 1.54. The molecule has 0 aliphatic carbocycles. The molecule has 120 valence electrons. The van der Waals surface area contributed by atoms with Gasteiger partial charge in [0.25, 0.3) is 5.89 Å². The van der Waals surface area contributed by atoms with Crippen molar-refractivity contribution in [1.29, 1.82) is 0 Å². The smallest absolute Gasteiger partial charge is 0.257 e. The average Bonchev–Trinajstić information content (AvgIpc) is 3.18. The van der Waals surface area contributed by atoms with E-state index in [0.717, 1.165) is 17.7 Å². The van der Waals surface area contributed by atoms with E-state index >= 15 is 0 Å². The summed E-state index contributed by atoms with van der Waals surface area (Å²) in [6, 6.07) is 3.86. The van der Waals surface area contributed by atoms with Crippen LogP contribution in [0.4, 0.5) is 0 Å². The van der Waals surface area contributed by atoms with Crippen LogP contribution in [-0.4, -0.2) is 41.3 Å². The number of aromatic nitrogens is 2. The van der Waals surface area contributed by atoms with E-state index in [1.54, 1.807) is 29.5 Å². The van der Waals surface area contributed by atoms with Crippen molar-refractivity contribution in [2.24, 2.45) is 0 Å². The molecule has 1 aliphatic heterocycles. The van der Waals surface area contributed by atoms with E-state index in [4.69, 9.17) is 4.42 Å². The second kappa shape index (κ2) is 6.10. The third-order valence-electron chi connectivity index (χ3n) is 3.86. The van der Waals surface area contributed by atoms with Gasteiger partial charge in [0.15, 0.2) is 0 Å². The molecule has 0 amide bonds. The van der Waals surface area contributed by atoms with E-state index < -0.39 is 15.3 Å². The summed E-state index contributed by atoms with van der Waals surface area (Å²) in [6.45, 7) is 4.41. The lowest BCUT2D eigenvalue weighted by Gasteiger charge is -2.31. The molecule has 0 bridgehead atoms. The predicted octanol–water partition coefficient (Wildman–Crippen LogP) is 2.72. The maximum Gasteiger partial charge on any atom is 0.257 e. The molecule has 0 radical (unpaired) electrons. The summed E-state index contributed by atoms with van der Waals surface area (Å²) in [5.74, 6) is 1.02. The molecule has 6 nitrogen and oxygen atoms in total. The van der Waals surface area contributed by atoms with Crippen LogP contribution in [0.1, 0.15) is 38.5 Å². The maximum absolute atomic E-state index is 12.3. The molecular weight excluding hydrogens is 322 g/mol. The van der Waals surface area contributed by atoms with Gasteiger partial charge in [-0.3, -0.25) is 0 Å². The second-order valence-corrected chi connectivity index (χ2v) is 9.15. The van der Waals surface area contributed by atoms with Gasteiger partial charge >= 0.3 is 0 Å². The lowest BCUT2D eigenvalue weighted by Crippen LogP contribution is -2.42. The van der Waals surface area contributed by atoms with Crippen molar-refractivity contribution >= 4 is 21.4 Å². The SMILES string of the molecule is CC(C)S(=O)(=O)N1CCCC(c2nnc(-c3cccs3)o2)C1. The molecule has 2 aromatic rings. The highest BCUT2D eigenvalue weighted by molar-refractivity contribution is 7.89. The topological polar surface area (TPSA) is 76.3 Å². The van der Waals surface area contributed by atoms with Crippen molar-refractivity contribution in [3.63, 3.8) is 0 Å². The van der Waals surface area contributed by atoms with Crippen molar-refractivity contribution in [1.82, 2.24) is 14.5 Å². The van der Waals surface area contributed by atoms with E-state index in [1.807, 2.05) is 17.5 Å². The minimum atomic E-state index is -3.23. The molecule has 0 aromatic carbocycles. The summed E-state index contributed by atoms with van der Waals surface area (Å²) in [5.41, 5.74) is 0. The lowest BCUT2D eigenvalue weighted by molar-refractivity contribution is 0.284. The third kappa shape index (κ3) is 2.95. The number of sulfonamides is 1. The molecule has 1 atom stereocenters. The normalized spacial score (nSPS) is 20.6. The Kier molecular flexibility index (Phi) is 4.33. The zero-order valence-electron chi connectivity index (χ0n) is 12.6. The minimum absolute atomic E-state index is 0.0245. The van der Waals surface area contributed by atoms with E-state index in [2.05, 4.69) is 10.2 Å². The number of hydrogen-bond acceptors (Lipinski definition) is 6. The molecule has 1 unspecified atom stereocenters. The first-order valence-corrected chi connectivity index (χ1v) is 9.73. The quantitative estimate of drug-likeness (QED) is 0.854. The standard InChI is InChI=1S/C14H19N3O3S2/c1-10(2)22(18,19)17-7-3-5-11(9-17)13-15-16-14(20-13)12-6-4-8-21-12/h4,6,8,10-11H,3,5,7,9H2,1-2H3. The molecule has 1 aliphatic rings. The molecule has 0 N–H and O–H groups in total. The van der Waals surface area contributed by atoms with Crippen LogP contribution in [0.2, 0.25) is 0 Å². The van der Waals surface area contributed by atoms with E-state index in [1.165, 1.54) is 0 Å². The van der Waals surface area contributed by atoms with Gasteiger partial charge in [-0.1, -0.05) is 6.07 Å². The third-order valence-corrected chi connectivity index (χ3v) is 6.96. The number of nitrogens with zero attached hydrogens (tertiary/aromatic N) is 3. The van der Waals surface area contributed by atoms with Gasteiger partial charge in [0.2, 0.25) is 15.9 Å². The van der Waals surface area contributed by atoms with Crippen LogP contribution in [0.5, 0.6) is 0 Å². The Labute approximate surface area is 134 Å². The minimum Gasteiger partial charge on any atom is -0.420 e. The molecule has 0 spiro atoms. The molecule has 22 heavy (non-hydrogen) atoms. The first kappa shape index (κ1) is 15.6. The van der Waals surface area contributed by atoms with Gasteiger partial charge in [0.05, 0.1) is 16.0 Å². The van der Waals surface area contributed by atoms with Gasteiger partial charge in [0.1, 0.15) is 0 Å². The molecule has 3 heterocycles. The Balaban J connectivity index is 1.78. The maximum atomic E-state index is 12.3. The van der Waals surface area contributed by atoms with Crippen LogP contribution in [0.15, 0.2) is 21.9 Å². The van der Waals surface area contributed by atoms with Crippen molar-refractivity contribution in [3.8, 4) is 10.8 Å². The fourth-order valence-electron chi connectivity index (χ4n) is 2.57. The second-order valence-electron chi connectivity index (χ2n) is 5.71. The molecule has 1 fully saturated rings. The Hall–Kier alpha value is -1.25. The van der Waals surface area contributed by atoms with Gasteiger partial charge in [-0.25, -0.2) is 12.7 Å². The molecule has 3 rings (SSSR count). The van der Waals surface area contributed by atoms with E-state index in [-0.39, 0.29) is 5.92 Å². The Morgan fingerprint density at radius 1 is 1.41 bits per heavy atom. The Morgan fingerprint density at radius 3 is 2.91 bits per heavy atom. The monoisotopic (exact) mass is 341 g/mol. The van der Waals surface area contributed by atoms with Crippen LogP contribution >= 0.6 is 11.3 Å². The molecule has 8 heteroatoms. The number of piperidine rings is 1. The van der Waals surface area contributed by atoms with Crippen molar-refractivity contribution in [3.05, 3.63) is 23.4 Å². The van der Waals surface area contributed by atoms with Crippen LogP contribution in [0.25, 0.3) is 10.8 Å². The van der Waals surface area contributed by atoms with Gasteiger partial charge in [-0.05, 0) is 38.1 Å². The van der Waals surface area contributed by atoms with Crippen molar-refractivity contribution in [2.45, 2.75) is 37.9 Å². The fraction of sp³-hybridized carbons (Fsp3) is 0.571. The first-order valence-electron chi connectivity index (χ1n) is 7.34. The summed E-state index contributed by atoms with van der Waals surface area (Å²) in [5, 5.41) is 9.76. The summed E-state index contributed by atoms with van der Waals surface area (Å²) in [4.78, 5) is 0.932. The van der Waals surface area contributed by atoms with Gasteiger partial charge in [-0.15, -0.1) is 21.5 Å². The van der Waals surface area contributed by atoms with E-state index in [0.29, 0.717) is 24.9 Å². The Bertz CT molecular complexity index is 722. The summed E-state index contributed by atoms with van der Waals surface area (Å²) in [7, 11) is -3.23. The first-order chi connectivity index (χ1) is 10.5. The number of thiophene rings is 1. The zero-order valence-corrected chi connectivity index (χ0v) is 14.2. The van der Waals surface area contributed by atoms with Crippen LogP contribution in [-0.2, 0) is 10.0 Å². The lowest BCUT2D eigenvalue weighted by atomic mass is 10.00. The molecular formula is C14H19N3O3S2. The Morgan fingerprint density at radius 2 is 2.23 bits per heavy atom. The molecule has 0 saturated carbocycles. The predicted molar refractivity (Wildman–Crippen MR) is 85.2 cm³/mol. The number of rotatable bonds is 4. The van der Waals surface area contributed by atoms with E-state index in [9.17, 15) is 8.42 Å². The highest BCUT2D eigenvalue weighted by atomic mass is 32.2. The van der Waals surface area contributed by atoms with Crippen molar-refractivity contribution in [2.75, 3.05) is 13.1 Å². The highest BCUT2D eigenvalue weighted by Gasteiger charge is 2.33. The largest absolute Gasteiger partial charge is 0.420 e. The average molecular weight is 341 g/mol.